The van der Waals surface area contributed by atoms with Gasteiger partial charge in [0, 0.05) is 79.4 Å². The van der Waals surface area contributed by atoms with Gasteiger partial charge in [-0.15, -0.1) is 0 Å². The molecule has 9 atom stereocenters. The molecule has 1 aliphatic rings. The molecule has 0 aliphatic carbocycles. The first kappa shape index (κ1) is 74.6. The number of phenols is 1. The van der Waals surface area contributed by atoms with E-state index < -0.39 is 126 Å². The van der Waals surface area contributed by atoms with Gasteiger partial charge in [0.05, 0.1) is 6.61 Å². The van der Waals surface area contributed by atoms with Crippen LogP contribution in [0.3, 0.4) is 0 Å². The van der Waals surface area contributed by atoms with Crippen LogP contribution in [0.4, 0.5) is 4.39 Å². The van der Waals surface area contributed by atoms with E-state index in [2.05, 4.69) is 57.8 Å². The fraction of sp³-hybridized carbons (Fsp3) is 0.375. The number of fused-ring (bicyclic) bond motifs is 2. The number of aliphatic hydroxyl groups is 1. The number of rotatable bonds is 35. The van der Waals surface area contributed by atoms with Crippen molar-refractivity contribution in [2.24, 2.45) is 17.4 Å². The zero-order valence-electron chi connectivity index (χ0n) is 55.9. The molecule has 1 fully saturated rings. The van der Waals surface area contributed by atoms with E-state index in [4.69, 9.17) is 16.9 Å². The van der Waals surface area contributed by atoms with Crippen molar-refractivity contribution in [3.8, 4) is 5.75 Å². The molecule has 7 aromatic rings. The first-order valence-electron chi connectivity index (χ1n) is 33.3. The van der Waals surface area contributed by atoms with Crippen molar-refractivity contribution < 1.29 is 62.5 Å². The Balaban J connectivity index is 1.05. The van der Waals surface area contributed by atoms with Crippen LogP contribution in [0.2, 0.25) is 0 Å². The van der Waals surface area contributed by atoms with Gasteiger partial charge in [-0.25, -0.2) is 4.39 Å². The number of nitrogens with two attached hydrogens (primary N) is 2. The van der Waals surface area contributed by atoms with Crippen LogP contribution in [-0.4, -0.2) is 164 Å². The Morgan fingerprint density at radius 2 is 1.04 bits per heavy atom. The molecule has 100 heavy (non-hydrogen) atoms. The molecule has 0 bridgehead atoms. The molecule has 2 aromatic heterocycles. The van der Waals surface area contributed by atoms with Gasteiger partial charge in [-0.05, 0) is 116 Å². The average Bonchev–Trinajstić information content (AvgIpc) is 1.63. The summed E-state index contributed by atoms with van der Waals surface area (Å²) in [6.45, 7) is 4.26. The molecule has 27 nitrogen and oxygen atoms in total. The Bertz CT molecular complexity index is 4020. The third kappa shape index (κ3) is 21.4. The molecular formula is C72H88FN15O12. The average molecular weight is 1370 g/mol. The number of amides is 10. The smallest absolute Gasteiger partial charge is 0.245 e. The number of aryl methyl sites for hydroxylation is 1. The molecule has 0 spiro atoms. The summed E-state index contributed by atoms with van der Waals surface area (Å²) >= 11 is 0. The highest BCUT2D eigenvalue weighted by Gasteiger charge is 2.40. The molecule has 5 aromatic carbocycles. The quantitative estimate of drug-likeness (QED) is 0.0154. The van der Waals surface area contributed by atoms with Crippen LogP contribution >= 0.6 is 0 Å². The van der Waals surface area contributed by atoms with E-state index in [-0.39, 0.29) is 94.9 Å². The molecule has 0 saturated carbocycles. The van der Waals surface area contributed by atoms with Crippen LogP contribution in [-0.2, 0) is 80.0 Å². The van der Waals surface area contributed by atoms with Crippen molar-refractivity contribution in [3.05, 3.63) is 173 Å². The number of aromatic nitrogens is 2. The van der Waals surface area contributed by atoms with E-state index in [1.807, 2.05) is 24.3 Å². The Kier molecular flexibility index (Phi) is 26.8. The lowest BCUT2D eigenvalue weighted by molar-refractivity contribution is -0.142. The number of primary amides is 1. The van der Waals surface area contributed by atoms with Crippen molar-refractivity contribution in [3.63, 3.8) is 0 Å². The highest BCUT2D eigenvalue weighted by atomic mass is 19.1. The number of likely N-dealkylation sites (tertiary alicyclic amines) is 1. The third-order valence-electron chi connectivity index (χ3n) is 17.3. The number of para-hydroxylation sites is 2. The SMILES string of the molecule is CC(C)C[C@H](NC(=O)[C@@H](Cc1c[nH]c2ccccc12)NC(=O)[C@H](Cc1ccc(O)cc1)NC(=O)[C@H](CO)NC(=O)[C@@H](Cc1c[nH]c2ccccc12)NC(=O)[C@@H](Cc1ccccc1)NC(=O)CCc1ccc(F)cc1)C(=O)N[C@@H](CCCNC(=N)N)C(=O)N1CCC[C@H]1C(=O)N[C@H](C)C(N)=O. The predicted molar refractivity (Wildman–Crippen MR) is 371 cm³/mol. The molecule has 0 unspecified atom stereocenters. The fourth-order valence-electron chi connectivity index (χ4n) is 12.0. The van der Waals surface area contributed by atoms with E-state index in [9.17, 15) is 53.0 Å². The highest BCUT2D eigenvalue weighted by Crippen LogP contribution is 2.24. The Labute approximate surface area is 577 Å². The standard InChI is InChI=1S/C72H88FN15O12/c1-41(2)33-55(64(93)82-54(19-11-31-77-72(75)76)71(100)88-32-12-20-61(88)70(99)80-42(3)63(74)92)83-67(96)58(36-46-38-78-52-17-9-7-15-50(46)52)86-66(95)57(35-45-23-28-49(90)29-24-45)84-69(98)60(40-89)87-68(97)59(37-47-39-79-53-18-10-8-16-51(47)53)85-65(94)56(34-44-13-5-4-6-14-44)81-62(91)30-25-43-21-26-48(73)27-22-43/h4-10,13-18,21-24,26-29,38-39,41-42,54-61,78-79,89-90H,11-12,19-20,25,30-37,40H2,1-3H3,(H2,74,92)(H,80,99)(H,81,91)(H,82,93)(H,83,96)(H,84,98)(H,85,94)(H,86,95)(H,87,97)(H4,75,76,77)/t42-,54+,55+,56-,57+,58-,59-,60+,61+/m1/s1. The van der Waals surface area contributed by atoms with E-state index in [1.165, 1.54) is 48.2 Å². The number of hydrogen-bond donors (Lipinski definition) is 16. The van der Waals surface area contributed by atoms with Crippen molar-refractivity contribution in [2.75, 3.05) is 19.7 Å². The van der Waals surface area contributed by atoms with Gasteiger partial charge in [0.25, 0.3) is 0 Å². The van der Waals surface area contributed by atoms with Crippen LogP contribution in [0.25, 0.3) is 21.8 Å². The monoisotopic (exact) mass is 1370 g/mol. The van der Waals surface area contributed by atoms with Gasteiger partial charge in [-0.2, -0.15) is 0 Å². The van der Waals surface area contributed by atoms with Crippen molar-refractivity contribution in [1.82, 2.24) is 62.7 Å². The molecule has 10 amide bonds. The maximum atomic E-state index is 15.2. The van der Waals surface area contributed by atoms with E-state index >= 15 is 9.59 Å². The molecular weight excluding hydrogens is 1290 g/mol. The number of nitrogens with zero attached hydrogens (tertiary/aromatic N) is 1. The fourth-order valence-corrected chi connectivity index (χ4v) is 12.0. The van der Waals surface area contributed by atoms with E-state index in [1.54, 1.807) is 93.0 Å². The van der Waals surface area contributed by atoms with Crippen molar-refractivity contribution in [1.29, 1.82) is 5.41 Å². The summed E-state index contributed by atoms with van der Waals surface area (Å²) in [5, 5.41) is 54.8. The number of carbonyl (C=O) groups is 10. The number of aromatic hydroxyl groups is 1. The Hall–Kier alpha value is -11.2. The topological polar surface area (TPSA) is 430 Å². The van der Waals surface area contributed by atoms with Gasteiger partial charge in [0.15, 0.2) is 5.96 Å². The zero-order valence-corrected chi connectivity index (χ0v) is 55.9. The summed E-state index contributed by atoms with van der Waals surface area (Å²) < 4.78 is 13.7. The largest absolute Gasteiger partial charge is 0.508 e. The molecule has 530 valence electrons. The summed E-state index contributed by atoms with van der Waals surface area (Å²) in [6, 6.07) is 22.3. The minimum absolute atomic E-state index is 0.00212. The van der Waals surface area contributed by atoms with Crippen LogP contribution in [0.15, 0.2) is 140 Å². The van der Waals surface area contributed by atoms with Gasteiger partial charge < -0.3 is 84.4 Å². The van der Waals surface area contributed by atoms with Gasteiger partial charge in [-0.1, -0.05) is 105 Å². The number of guanidine groups is 1. The van der Waals surface area contributed by atoms with E-state index in [0.717, 1.165) is 0 Å². The van der Waals surface area contributed by atoms with Crippen molar-refractivity contribution in [2.45, 2.75) is 146 Å². The Morgan fingerprint density at radius 1 is 0.570 bits per heavy atom. The number of H-pyrrole nitrogens is 2. The number of halogens is 1. The highest BCUT2D eigenvalue weighted by molar-refractivity contribution is 6.00. The first-order valence-corrected chi connectivity index (χ1v) is 33.3. The maximum Gasteiger partial charge on any atom is 0.245 e. The predicted octanol–water partition coefficient (Wildman–Crippen LogP) is 2.07. The number of phenolic OH excluding ortho intramolecular Hbond substituents is 1. The minimum Gasteiger partial charge on any atom is -0.508 e. The van der Waals surface area contributed by atoms with Crippen LogP contribution in [0.5, 0.6) is 5.75 Å². The molecule has 0 radical (unpaired) electrons. The number of aromatic amines is 2. The molecule has 18 N–H and O–H groups in total. The van der Waals surface area contributed by atoms with Crippen LogP contribution < -0.4 is 59.3 Å². The second-order valence-corrected chi connectivity index (χ2v) is 25.4. The first-order chi connectivity index (χ1) is 47.9. The summed E-state index contributed by atoms with van der Waals surface area (Å²) in [5.74, 6) is -9.03. The molecule has 3 heterocycles. The summed E-state index contributed by atoms with van der Waals surface area (Å²) in [6.07, 6.45) is 3.72. The Morgan fingerprint density at radius 3 is 1.58 bits per heavy atom. The maximum absolute atomic E-state index is 15.2. The number of aliphatic hydroxyl groups excluding tert-OH is 1. The van der Waals surface area contributed by atoms with Crippen LogP contribution in [0.1, 0.15) is 87.1 Å². The van der Waals surface area contributed by atoms with Gasteiger partial charge in [0.1, 0.15) is 65.9 Å². The summed E-state index contributed by atoms with van der Waals surface area (Å²) in [7, 11) is 0. The lowest BCUT2D eigenvalue weighted by Crippen LogP contribution is -2.61. The summed E-state index contributed by atoms with van der Waals surface area (Å²) in [4.78, 5) is 150. The molecule has 28 heteroatoms. The minimum atomic E-state index is -1.79. The second kappa shape index (κ2) is 35.9. The molecule has 8 rings (SSSR count). The van der Waals surface area contributed by atoms with Crippen molar-refractivity contribution >= 4 is 86.8 Å². The van der Waals surface area contributed by atoms with Crippen LogP contribution in [0, 0.1) is 17.1 Å². The van der Waals surface area contributed by atoms with Gasteiger partial charge in [0.2, 0.25) is 59.1 Å². The summed E-state index contributed by atoms with van der Waals surface area (Å²) in [5.41, 5.74) is 15.3. The van der Waals surface area contributed by atoms with Gasteiger partial charge in [-0.3, -0.25) is 53.4 Å². The van der Waals surface area contributed by atoms with E-state index in [0.29, 0.717) is 56.0 Å². The van der Waals surface area contributed by atoms with Gasteiger partial charge >= 0.3 is 0 Å². The number of carbonyl (C=O) groups excluding carboxylic acids is 10. The second-order valence-electron chi connectivity index (χ2n) is 25.4. The molecule has 1 aliphatic heterocycles. The lowest BCUT2D eigenvalue weighted by atomic mass is 9.99. The zero-order chi connectivity index (χ0) is 72.0. The third-order valence-corrected chi connectivity index (χ3v) is 17.3. The number of benzene rings is 5. The number of hydrogen-bond acceptors (Lipinski definition) is 13. The number of nitrogens with one attached hydrogen (secondary N) is 12. The lowest BCUT2D eigenvalue weighted by Gasteiger charge is -2.31. The normalized spacial score (nSPS) is 15.2. The molecule has 1 saturated heterocycles.